The molecule has 0 aliphatic carbocycles. The number of rotatable bonds is 8. The number of halogens is 2. The van der Waals surface area contributed by atoms with Crippen LogP contribution in [0.5, 0.6) is 5.75 Å². The first-order chi connectivity index (χ1) is 14.1. The summed E-state index contributed by atoms with van der Waals surface area (Å²) in [5, 5.41) is 3.43. The molecule has 2 amide bonds. The first-order valence-corrected chi connectivity index (χ1v) is 10.2. The van der Waals surface area contributed by atoms with E-state index in [9.17, 15) is 14.0 Å². The predicted octanol–water partition coefficient (Wildman–Crippen LogP) is 4.58. The Morgan fingerprint density at radius 2 is 1.83 bits per heavy atom. The van der Waals surface area contributed by atoms with Gasteiger partial charge in [0.05, 0.1) is 0 Å². The highest BCUT2D eigenvalue weighted by atomic mass is 35.5. The van der Waals surface area contributed by atoms with E-state index < -0.39 is 11.6 Å². The maximum atomic E-state index is 13.3. The number of nitrogens with one attached hydrogen (secondary N) is 1. The lowest BCUT2D eigenvalue weighted by Crippen LogP contribution is -2.54. The summed E-state index contributed by atoms with van der Waals surface area (Å²) in [5.74, 6) is -0.498. The van der Waals surface area contributed by atoms with Crippen molar-refractivity contribution >= 4 is 23.4 Å². The van der Waals surface area contributed by atoms with Crippen LogP contribution in [0.25, 0.3) is 0 Å². The first-order valence-electron chi connectivity index (χ1n) is 9.83. The molecule has 7 heteroatoms. The van der Waals surface area contributed by atoms with Gasteiger partial charge in [-0.15, -0.1) is 0 Å². The molecule has 5 nitrogen and oxygen atoms in total. The zero-order valence-electron chi connectivity index (χ0n) is 17.7. The molecule has 0 spiro atoms. The summed E-state index contributed by atoms with van der Waals surface area (Å²) in [6.45, 7) is 7.40. The normalized spacial score (nSPS) is 12.2. The van der Waals surface area contributed by atoms with E-state index in [-0.39, 0.29) is 30.8 Å². The molecule has 162 valence electrons. The largest absolute Gasteiger partial charge is 0.484 e. The van der Waals surface area contributed by atoms with Crippen LogP contribution in [-0.4, -0.2) is 34.9 Å². The fourth-order valence-corrected chi connectivity index (χ4v) is 3.12. The van der Waals surface area contributed by atoms with Gasteiger partial charge in [0.1, 0.15) is 17.6 Å². The molecule has 0 radical (unpaired) electrons. The van der Waals surface area contributed by atoms with Crippen LogP contribution in [-0.2, 0) is 16.1 Å². The molecule has 0 heterocycles. The second kappa shape index (κ2) is 10.4. The van der Waals surface area contributed by atoms with Crippen LogP contribution < -0.4 is 10.1 Å². The van der Waals surface area contributed by atoms with Gasteiger partial charge in [-0.2, -0.15) is 0 Å². The van der Waals surface area contributed by atoms with Gasteiger partial charge in [-0.3, -0.25) is 9.59 Å². The van der Waals surface area contributed by atoms with Crippen molar-refractivity contribution < 1.29 is 18.7 Å². The monoisotopic (exact) mass is 434 g/mol. The molecule has 0 saturated carbocycles. The molecular weight excluding hydrogens is 407 g/mol. The van der Waals surface area contributed by atoms with Gasteiger partial charge in [-0.25, -0.2) is 4.39 Å². The average Bonchev–Trinajstić information content (AvgIpc) is 2.66. The Balaban J connectivity index is 2.22. The van der Waals surface area contributed by atoms with Crippen molar-refractivity contribution in [1.29, 1.82) is 0 Å². The zero-order valence-corrected chi connectivity index (χ0v) is 18.5. The molecule has 1 N–H and O–H groups in total. The van der Waals surface area contributed by atoms with Gasteiger partial charge in [0.2, 0.25) is 5.91 Å². The van der Waals surface area contributed by atoms with Gasteiger partial charge >= 0.3 is 0 Å². The molecule has 2 aromatic rings. The van der Waals surface area contributed by atoms with E-state index in [1.54, 1.807) is 36.4 Å². The van der Waals surface area contributed by atoms with Gasteiger partial charge < -0.3 is 15.0 Å². The van der Waals surface area contributed by atoms with Crippen molar-refractivity contribution in [1.82, 2.24) is 10.2 Å². The van der Waals surface area contributed by atoms with Crippen molar-refractivity contribution in [2.75, 3.05) is 6.61 Å². The Morgan fingerprint density at radius 1 is 1.17 bits per heavy atom. The SMILES string of the molecule is CC[C@H](C(=O)NC(C)(C)C)N(Cc1ccc(F)cc1)C(=O)COc1cccc(Cl)c1. The quantitative estimate of drug-likeness (QED) is 0.661. The average molecular weight is 435 g/mol. The number of carbonyl (C=O) groups is 2. The summed E-state index contributed by atoms with van der Waals surface area (Å²) in [6, 6.07) is 11.9. The topological polar surface area (TPSA) is 58.6 Å². The molecule has 0 aliphatic rings. The Labute approximate surface area is 182 Å². The molecule has 0 saturated heterocycles. The number of amides is 2. The van der Waals surface area contributed by atoms with Crippen LogP contribution in [0.3, 0.4) is 0 Å². The van der Waals surface area contributed by atoms with E-state index in [0.29, 0.717) is 17.2 Å². The number of carbonyl (C=O) groups excluding carboxylic acids is 2. The third kappa shape index (κ3) is 7.34. The minimum atomic E-state index is -0.690. The van der Waals surface area contributed by atoms with E-state index >= 15 is 0 Å². The van der Waals surface area contributed by atoms with Crippen LogP contribution >= 0.6 is 11.6 Å². The van der Waals surface area contributed by atoms with Crippen molar-refractivity contribution in [2.24, 2.45) is 0 Å². The van der Waals surface area contributed by atoms with Gasteiger partial charge in [0.25, 0.3) is 5.91 Å². The van der Waals surface area contributed by atoms with Crippen molar-refractivity contribution in [2.45, 2.75) is 52.2 Å². The number of ether oxygens (including phenoxy) is 1. The Hall–Kier alpha value is -2.60. The Bertz CT molecular complexity index is 865. The Morgan fingerprint density at radius 3 is 2.40 bits per heavy atom. The summed E-state index contributed by atoms with van der Waals surface area (Å²) in [4.78, 5) is 27.4. The minimum absolute atomic E-state index is 0.161. The predicted molar refractivity (Wildman–Crippen MR) is 116 cm³/mol. The molecule has 0 fully saturated rings. The fourth-order valence-electron chi connectivity index (χ4n) is 2.94. The lowest BCUT2D eigenvalue weighted by Gasteiger charge is -2.33. The fraction of sp³-hybridized carbons (Fsp3) is 0.391. The van der Waals surface area contributed by atoms with E-state index in [0.717, 1.165) is 5.56 Å². The molecule has 2 aromatic carbocycles. The molecular formula is C23H28ClFN2O3. The highest BCUT2D eigenvalue weighted by molar-refractivity contribution is 6.30. The summed E-state index contributed by atoms with van der Waals surface area (Å²) in [7, 11) is 0. The molecule has 0 aromatic heterocycles. The molecule has 0 aliphatic heterocycles. The van der Waals surface area contributed by atoms with E-state index in [4.69, 9.17) is 16.3 Å². The second-order valence-corrected chi connectivity index (χ2v) is 8.49. The van der Waals surface area contributed by atoms with E-state index in [1.165, 1.54) is 17.0 Å². The molecule has 2 rings (SSSR count). The maximum absolute atomic E-state index is 13.3. The number of nitrogens with zero attached hydrogens (tertiary/aromatic N) is 1. The van der Waals surface area contributed by atoms with Crippen LogP contribution in [0.1, 0.15) is 39.7 Å². The molecule has 30 heavy (non-hydrogen) atoms. The molecule has 0 bridgehead atoms. The van der Waals surface area contributed by atoms with Gasteiger partial charge in [0.15, 0.2) is 6.61 Å². The van der Waals surface area contributed by atoms with Crippen molar-refractivity contribution in [3.63, 3.8) is 0 Å². The van der Waals surface area contributed by atoms with Gasteiger partial charge in [0, 0.05) is 17.1 Å². The summed E-state index contributed by atoms with van der Waals surface area (Å²) < 4.78 is 18.9. The molecule has 0 unspecified atom stereocenters. The number of hydrogen-bond donors (Lipinski definition) is 1. The van der Waals surface area contributed by atoms with Crippen molar-refractivity contribution in [3.8, 4) is 5.75 Å². The van der Waals surface area contributed by atoms with Crippen molar-refractivity contribution in [3.05, 3.63) is 64.9 Å². The van der Waals surface area contributed by atoms with Crippen LogP contribution in [0, 0.1) is 5.82 Å². The van der Waals surface area contributed by atoms with Crippen LogP contribution in [0.4, 0.5) is 4.39 Å². The lowest BCUT2D eigenvalue weighted by molar-refractivity contribution is -0.143. The third-order valence-electron chi connectivity index (χ3n) is 4.31. The highest BCUT2D eigenvalue weighted by Crippen LogP contribution is 2.18. The van der Waals surface area contributed by atoms with Crippen LogP contribution in [0.15, 0.2) is 48.5 Å². The molecule has 1 atom stereocenters. The summed E-state index contributed by atoms with van der Waals surface area (Å²) in [6.07, 6.45) is 0.423. The standard InChI is InChI=1S/C23H28ClFN2O3/c1-5-20(22(29)26-23(2,3)4)27(14-16-9-11-18(25)12-10-16)21(28)15-30-19-8-6-7-17(24)13-19/h6-13,20H,5,14-15H2,1-4H3,(H,26,29)/t20-/m1/s1. The number of hydrogen-bond acceptors (Lipinski definition) is 3. The lowest BCUT2D eigenvalue weighted by atomic mass is 10.1. The zero-order chi connectivity index (χ0) is 22.3. The van der Waals surface area contributed by atoms with Gasteiger partial charge in [-0.1, -0.05) is 36.7 Å². The van der Waals surface area contributed by atoms with Gasteiger partial charge in [-0.05, 0) is 63.1 Å². The van der Waals surface area contributed by atoms with Crippen LogP contribution in [0.2, 0.25) is 5.02 Å². The van der Waals surface area contributed by atoms with E-state index in [2.05, 4.69) is 5.32 Å². The Kier molecular flexibility index (Phi) is 8.24. The minimum Gasteiger partial charge on any atom is -0.484 e. The smallest absolute Gasteiger partial charge is 0.261 e. The highest BCUT2D eigenvalue weighted by Gasteiger charge is 2.30. The third-order valence-corrected chi connectivity index (χ3v) is 4.54. The maximum Gasteiger partial charge on any atom is 0.261 e. The summed E-state index contributed by atoms with van der Waals surface area (Å²) >= 11 is 5.96. The van der Waals surface area contributed by atoms with E-state index in [1.807, 2.05) is 27.7 Å². The first kappa shape index (κ1) is 23.7. The second-order valence-electron chi connectivity index (χ2n) is 8.06. The summed E-state index contributed by atoms with van der Waals surface area (Å²) in [5.41, 5.74) is 0.279. The number of benzene rings is 2.